The van der Waals surface area contributed by atoms with Crippen molar-refractivity contribution in [3.8, 4) is 5.88 Å². The number of amides is 1. The standard InChI is InChI=1S/C12H16IN3O2/c1-14-11(17)3-2-6-15-7-8-18-12-5-4-10(13)9-16-12/h2-5,9,15H,6-8H2,1H3,(H,14,17)/b3-2+. The molecule has 1 heterocycles. The van der Waals surface area contributed by atoms with Crippen LogP contribution in [0.25, 0.3) is 0 Å². The predicted octanol–water partition coefficient (Wildman–Crippen LogP) is 0.957. The molecular formula is C12H16IN3O2. The third-order valence-corrected chi connectivity index (χ3v) is 2.64. The van der Waals surface area contributed by atoms with Crippen LogP contribution >= 0.6 is 22.6 Å². The quantitative estimate of drug-likeness (QED) is 0.432. The van der Waals surface area contributed by atoms with Crippen molar-refractivity contribution >= 4 is 28.5 Å². The first-order valence-electron chi connectivity index (χ1n) is 5.55. The zero-order valence-corrected chi connectivity index (χ0v) is 12.3. The molecule has 98 valence electrons. The van der Waals surface area contributed by atoms with Gasteiger partial charge in [-0.3, -0.25) is 4.79 Å². The highest BCUT2D eigenvalue weighted by Gasteiger charge is 1.94. The molecule has 0 aliphatic heterocycles. The molecule has 0 aromatic carbocycles. The number of rotatable bonds is 7. The molecule has 6 heteroatoms. The Hall–Kier alpha value is -1.15. The van der Waals surface area contributed by atoms with Crippen molar-refractivity contribution in [1.29, 1.82) is 0 Å². The van der Waals surface area contributed by atoms with E-state index in [4.69, 9.17) is 4.74 Å². The summed E-state index contributed by atoms with van der Waals surface area (Å²) in [4.78, 5) is 15.0. The number of hydrogen-bond acceptors (Lipinski definition) is 4. The van der Waals surface area contributed by atoms with E-state index >= 15 is 0 Å². The fourth-order valence-electron chi connectivity index (χ4n) is 1.11. The highest BCUT2D eigenvalue weighted by atomic mass is 127. The third-order valence-electron chi connectivity index (χ3n) is 2.01. The molecule has 0 saturated carbocycles. The summed E-state index contributed by atoms with van der Waals surface area (Å²) in [7, 11) is 1.60. The van der Waals surface area contributed by atoms with Crippen molar-refractivity contribution in [3.05, 3.63) is 34.1 Å². The van der Waals surface area contributed by atoms with Gasteiger partial charge in [0.15, 0.2) is 0 Å². The van der Waals surface area contributed by atoms with Gasteiger partial charge in [0.2, 0.25) is 11.8 Å². The molecule has 2 N–H and O–H groups in total. The number of hydrogen-bond donors (Lipinski definition) is 2. The van der Waals surface area contributed by atoms with Gasteiger partial charge >= 0.3 is 0 Å². The topological polar surface area (TPSA) is 63.2 Å². The minimum atomic E-state index is -0.101. The van der Waals surface area contributed by atoms with Gasteiger partial charge in [0.05, 0.1) is 0 Å². The summed E-state index contributed by atoms with van der Waals surface area (Å²) >= 11 is 2.19. The second-order valence-electron chi connectivity index (χ2n) is 3.38. The van der Waals surface area contributed by atoms with Crippen LogP contribution in [0.1, 0.15) is 0 Å². The van der Waals surface area contributed by atoms with Crippen molar-refractivity contribution in [2.45, 2.75) is 0 Å². The van der Waals surface area contributed by atoms with Crippen molar-refractivity contribution < 1.29 is 9.53 Å². The largest absolute Gasteiger partial charge is 0.476 e. The first-order chi connectivity index (χ1) is 8.72. The van der Waals surface area contributed by atoms with Crippen LogP contribution in [-0.2, 0) is 4.79 Å². The fourth-order valence-corrected chi connectivity index (χ4v) is 1.43. The van der Waals surface area contributed by atoms with E-state index in [0.29, 0.717) is 25.6 Å². The fraction of sp³-hybridized carbons (Fsp3) is 0.333. The van der Waals surface area contributed by atoms with Crippen LogP contribution in [0.2, 0.25) is 0 Å². The van der Waals surface area contributed by atoms with E-state index in [1.165, 1.54) is 6.08 Å². The van der Waals surface area contributed by atoms with Gasteiger partial charge in [-0.15, -0.1) is 0 Å². The van der Waals surface area contributed by atoms with Crippen molar-refractivity contribution in [3.63, 3.8) is 0 Å². The van der Waals surface area contributed by atoms with E-state index in [2.05, 4.69) is 38.2 Å². The van der Waals surface area contributed by atoms with Gasteiger partial charge in [-0.05, 0) is 28.7 Å². The zero-order chi connectivity index (χ0) is 13.2. The molecule has 1 rings (SSSR count). The lowest BCUT2D eigenvalue weighted by molar-refractivity contribution is -0.116. The first-order valence-corrected chi connectivity index (χ1v) is 6.63. The van der Waals surface area contributed by atoms with E-state index in [-0.39, 0.29) is 5.91 Å². The average molecular weight is 361 g/mol. The molecule has 0 spiro atoms. The van der Waals surface area contributed by atoms with Gasteiger partial charge in [-0.25, -0.2) is 4.98 Å². The molecule has 0 bridgehead atoms. The molecule has 0 atom stereocenters. The molecule has 0 unspecified atom stereocenters. The van der Waals surface area contributed by atoms with Gasteiger partial charge in [0, 0.05) is 42.0 Å². The molecule has 0 aliphatic rings. The van der Waals surface area contributed by atoms with Crippen molar-refractivity contribution in [1.82, 2.24) is 15.6 Å². The summed E-state index contributed by atoms with van der Waals surface area (Å²) < 4.78 is 6.51. The second-order valence-corrected chi connectivity index (χ2v) is 4.63. The summed E-state index contributed by atoms with van der Waals surface area (Å²) in [5.74, 6) is 0.522. The maximum Gasteiger partial charge on any atom is 0.243 e. The van der Waals surface area contributed by atoms with Crippen LogP contribution in [0.3, 0.4) is 0 Å². The molecule has 0 saturated heterocycles. The Morgan fingerprint density at radius 1 is 1.56 bits per heavy atom. The summed E-state index contributed by atoms with van der Waals surface area (Å²) in [6.07, 6.45) is 5.02. The van der Waals surface area contributed by atoms with Crippen LogP contribution in [0, 0.1) is 3.57 Å². The minimum absolute atomic E-state index is 0.101. The van der Waals surface area contributed by atoms with Gasteiger partial charge < -0.3 is 15.4 Å². The minimum Gasteiger partial charge on any atom is -0.476 e. The Kier molecular flexibility index (Phi) is 7.35. The molecule has 0 fully saturated rings. The number of ether oxygens (including phenoxy) is 1. The van der Waals surface area contributed by atoms with E-state index in [9.17, 15) is 4.79 Å². The summed E-state index contributed by atoms with van der Waals surface area (Å²) in [5.41, 5.74) is 0. The predicted molar refractivity (Wildman–Crippen MR) is 78.5 cm³/mol. The molecule has 18 heavy (non-hydrogen) atoms. The van der Waals surface area contributed by atoms with E-state index in [1.54, 1.807) is 19.3 Å². The molecule has 0 radical (unpaired) electrons. The Balaban J connectivity index is 2.07. The van der Waals surface area contributed by atoms with Crippen LogP contribution in [-0.4, -0.2) is 37.6 Å². The Morgan fingerprint density at radius 2 is 2.39 bits per heavy atom. The first kappa shape index (κ1) is 14.9. The molecule has 1 aromatic heterocycles. The number of halogens is 1. The number of likely N-dealkylation sites (N-methyl/N-ethyl adjacent to an activating group) is 1. The smallest absolute Gasteiger partial charge is 0.243 e. The summed E-state index contributed by atoms with van der Waals surface area (Å²) in [5, 5.41) is 5.63. The number of nitrogens with zero attached hydrogens (tertiary/aromatic N) is 1. The molecule has 5 nitrogen and oxygen atoms in total. The summed E-state index contributed by atoms with van der Waals surface area (Å²) in [6, 6.07) is 3.79. The van der Waals surface area contributed by atoms with Gasteiger partial charge in [0.1, 0.15) is 6.61 Å². The number of carbonyl (C=O) groups excluding carboxylic acids is 1. The van der Waals surface area contributed by atoms with Gasteiger partial charge in [0.25, 0.3) is 0 Å². The zero-order valence-electron chi connectivity index (χ0n) is 10.1. The van der Waals surface area contributed by atoms with Gasteiger partial charge in [-0.1, -0.05) is 6.08 Å². The molecule has 1 amide bonds. The SMILES string of the molecule is CNC(=O)/C=C/CNCCOc1ccc(I)cn1. The number of aromatic nitrogens is 1. The van der Waals surface area contributed by atoms with Gasteiger partial charge in [-0.2, -0.15) is 0 Å². The highest BCUT2D eigenvalue weighted by molar-refractivity contribution is 14.1. The normalized spacial score (nSPS) is 10.6. The second kappa shape index (κ2) is 8.87. The Morgan fingerprint density at radius 3 is 3.06 bits per heavy atom. The third kappa shape index (κ3) is 6.55. The van der Waals surface area contributed by atoms with Crippen LogP contribution in [0.15, 0.2) is 30.5 Å². The van der Waals surface area contributed by atoms with E-state index < -0.39 is 0 Å². The Bertz CT molecular complexity index is 393. The molecular weight excluding hydrogens is 345 g/mol. The average Bonchev–Trinajstić information content (AvgIpc) is 2.39. The number of pyridine rings is 1. The lowest BCUT2D eigenvalue weighted by Gasteiger charge is -2.05. The maximum absolute atomic E-state index is 10.9. The monoisotopic (exact) mass is 361 g/mol. The molecule has 1 aromatic rings. The van der Waals surface area contributed by atoms with E-state index in [0.717, 1.165) is 3.57 Å². The summed E-state index contributed by atoms with van der Waals surface area (Å²) in [6.45, 7) is 1.88. The van der Waals surface area contributed by atoms with Crippen LogP contribution in [0.4, 0.5) is 0 Å². The lowest BCUT2D eigenvalue weighted by atomic mass is 10.4. The molecule has 0 aliphatic carbocycles. The lowest BCUT2D eigenvalue weighted by Crippen LogP contribution is -2.22. The van der Waals surface area contributed by atoms with Crippen molar-refractivity contribution in [2.24, 2.45) is 0 Å². The van der Waals surface area contributed by atoms with Crippen LogP contribution in [0.5, 0.6) is 5.88 Å². The number of nitrogens with one attached hydrogen (secondary N) is 2. The number of carbonyl (C=O) groups is 1. The highest BCUT2D eigenvalue weighted by Crippen LogP contribution is 2.08. The maximum atomic E-state index is 10.9. The van der Waals surface area contributed by atoms with E-state index in [1.807, 2.05) is 12.1 Å². The van der Waals surface area contributed by atoms with Crippen LogP contribution < -0.4 is 15.4 Å². The Labute approximate surface area is 120 Å². The van der Waals surface area contributed by atoms with Crippen molar-refractivity contribution in [2.75, 3.05) is 26.7 Å².